The van der Waals surface area contributed by atoms with Gasteiger partial charge in [0, 0.05) is 25.9 Å². The number of carbonyl (C=O) groups is 1. The van der Waals surface area contributed by atoms with Crippen molar-refractivity contribution in [1.29, 1.82) is 0 Å². The summed E-state index contributed by atoms with van der Waals surface area (Å²) >= 11 is 0. The molecule has 0 saturated heterocycles. The zero-order valence-electron chi connectivity index (χ0n) is 13.7. The first-order valence-corrected chi connectivity index (χ1v) is 8.08. The van der Waals surface area contributed by atoms with E-state index >= 15 is 0 Å². The molecule has 122 valence electrons. The predicted molar refractivity (Wildman–Crippen MR) is 88.4 cm³/mol. The second-order valence-electron chi connectivity index (χ2n) is 6.05. The van der Waals surface area contributed by atoms with Gasteiger partial charge in [0.05, 0.1) is 18.3 Å². The number of methoxy groups -OCH3 is 1. The molecule has 0 radical (unpaired) electrons. The maximum Gasteiger partial charge on any atom is 0.251 e. The number of aromatic nitrogens is 2. The largest absolute Gasteiger partial charge is 0.382 e. The summed E-state index contributed by atoms with van der Waals surface area (Å²) in [6.07, 6.45) is 6.37. The fourth-order valence-corrected chi connectivity index (χ4v) is 3.21. The summed E-state index contributed by atoms with van der Waals surface area (Å²) in [7, 11) is 3.50. The van der Waals surface area contributed by atoms with Gasteiger partial charge in [-0.1, -0.05) is 6.07 Å². The number of ether oxygens (including phenoxy) is 1. The summed E-state index contributed by atoms with van der Waals surface area (Å²) in [4.78, 5) is 12.6. The lowest BCUT2D eigenvalue weighted by Gasteiger charge is -2.20. The Labute approximate surface area is 136 Å². The maximum atomic E-state index is 12.6. The quantitative estimate of drug-likeness (QED) is 0.922. The van der Waals surface area contributed by atoms with Gasteiger partial charge in [0.25, 0.3) is 5.91 Å². The van der Waals surface area contributed by atoms with Crippen LogP contribution in [0, 0.1) is 0 Å². The molecular weight excluding hydrogens is 290 g/mol. The van der Waals surface area contributed by atoms with Gasteiger partial charge in [-0.25, -0.2) is 0 Å². The molecule has 1 aromatic carbocycles. The van der Waals surface area contributed by atoms with Crippen LogP contribution >= 0.6 is 0 Å². The molecule has 0 fully saturated rings. The highest BCUT2D eigenvalue weighted by Gasteiger charge is 2.19. The molecule has 0 unspecified atom stereocenters. The summed E-state index contributed by atoms with van der Waals surface area (Å²) in [5.74, 6) is -0.0679. The monoisotopic (exact) mass is 313 g/mol. The molecular formula is C18H23N3O2. The number of rotatable bonds is 5. The van der Waals surface area contributed by atoms with Crippen LogP contribution in [0.4, 0.5) is 0 Å². The minimum atomic E-state index is -0.212. The smallest absolute Gasteiger partial charge is 0.251 e. The molecule has 0 saturated carbocycles. The third-order valence-electron chi connectivity index (χ3n) is 4.47. The fourth-order valence-electron chi connectivity index (χ4n) is 3.21. The number of nitrogens with zero attached hydrogens (tertiary/aromatic N) is 2. The molecule has 1 N–H and O–H groups in total. The number of nitrogens with one attached hydrogen (secondary N) is 1. The molecule has 1 atom stereocenters. The van der Waals surface area contributed by atoms with Gasteiger partial charge < -0.3 is 10.1 Å². The zero-order chi connectivity index (χ0) is 16.2. The van der Waals surface area contributed by atoms with Crippen molar-refractivity contribution in [2.75, 3.05) is 13.7 Å². The minimum Gasteiger partial charge on any atom is -0.382 e. The van der Waals surface area contributed by atoms with Crippen LogP contribution < -0.4 is 5.32 Å². The first-order chi connectivity index (χ1) is 11.2. The highest BCUT2D eigenvalue weighted by atomic mass is 16.5. The van der Waals surface area contributed by atoms with Crippen LogP contribution in [-0.4, -0.2) is 29.4 Å². The standard InChI is InChI=1S/C18H23N3O2/c1-21-17(9-10-19-21)16(12-23-2)20-18(22)15-8-7-13-5-3-4-6-14(13)11-15/h7-11,16H,3-6,12H2,1-2H3,(H,20,22)/t16-/m1/s1. The third-order valence-corrected chi connectivity index (χ3v) is 4.47. The van der Waals surface area contributed by atoms with Crippen molar-refractivity contribution in [3.8, 4) is 0 Å². The topological polar surface area (TPSA) is 56.1 Å². The highest BCUT2D eigenvalue weighted by Crippen LogP contribution is 2.22. The van der Waals surface area contributed by atoms with E-state index in [0.717, 1.165) is 18.5 Å². The molecule has 1 aromatic heterocycles. The lowest BCUT2D eigenvalue weighted by molar-refractivity contribution is 0.0892. The van der Waals surface area contributed by atoms with Gasteiger partial charge in [-0.05, 0) is 55.0 Å². The number of fused-ring (bicyclic) bond motifs is 1. The molecule has 0 spiro atoms. The molecule has 0 aliphatic heterocycles. The van der Waals surface area contributed by atoms with Crippen LogP contribution in [0.15, 0.2) is 30.5 Å². The van der Waals surface area contributed by atoms with E-state index in [1.807, 2.05) is 25.2 Å². The van der Waals surface area contributed by atoms with Gasteiger partial charge in [-0.2, -0.15) is 5.10 Å². The normalized spacial score (nSPS) is 15.0. The van der Waals surface area contributed by atoms with Gasteiger partial charge in [0.2, 0.25) is 0 Å². The average Bonchev–Trinajstić information content (AvgIpc) is 3.00. The second kappa shape index (κ2) is 6.96. The van der Waals surface area contributed by atoms with E-state index in [1.165, 1.54) is 24.0 Å². The van der Waals surface area contributed by atoms with Crippen molar-refractivity contribution in [2.24, 2.45) is 7.05 Å². The average molecular weight is 313 g/mol. The minimum absolute atomic E-state index is 0.0679. The van der Waals surface area contributed by atoms with E-state index in [4.69, 9.17) is 4.74 Å². The molecule has 5 heteroatoms. The zero-order valence-corrected chi connectivity index (χ0v) is 13.7. The molecule has 2 aromatic rings. The molecule has 23 heavy (non-hydrogen) atoms. The van der Waals surface area contributed by atoms with Gasteiger partial charge in [-0.3, -0.25) is 9.48 Å². The summed E-state index contributed by atoms with van der Waals surface area (Å²) in [6, 6.07) is 7.75. The first kappa shape index (κ1) is 15.7. The lowest BCUT2D eigenvalue weighted by atomic mass is 9.90. The Bertz CT molecular complexity index is 693. The van der Waals surface area contributed by atoms with Gasteiger partial charge in [0.1, 0.15) is 0 Å². The van der Waals surface area contributed by atoms with Crippen LogP contribution in [0.2, 0.25) is 0 Å². The van der Waals surface area contributed by atoms with E-state index in [2.05, 4.69) is 16.5 Å². The molecule has 1 heterocycles. The SMILES string of the molecule is COC[C@@H](NC(=O)c1ccc2c(c1)CCCC2)c1ccnn1C. The van der Waals surface area contributed by atoms with Gasteiger partial charge in [0.15, 0.2) is 0 Å². The Hall–Kier alpha value is -2.14. The molecule has 0 bridgehead atoms. The second-order valence-corrected chi connectivity index (χ2v) is 6.05. The Morgan fingerprint density at radius 3 is 2.78 bits per heavy atom. The van der Waals surface area contributed by atoms with Gasteiger partial charge >= 0.3 is 0 Å². The number of hydrogen-bond acceptors (Lipinski definition) is 3. The Balaban J connectivity index is 1.78. The summed E-state index contributed by atoms with van der Waals surface area (Å²) in [5.41, 5.74) is 4.34. The van der Waals surface area contributed by atoms with E-state index in [9.17, 15) is 4.79 Å². The van der Waals surface area contributed by atoms with Crippen molar-refractivity contribution in [3.63, 3.8) is 0 Å². The number of carbonyl (C=O) groups excluding carboxylic acids is 1. The highest BCUT2D eigenvalue weighted by molar-refractivity contribution is 5.94. The predicted octanol–water partition coefficient (Wildman–Crippen LogP) is 2.42. The van der Waals surface area contributed by atoms with Crippen LogP contribution in [0.3, 0.4) is 0 Å². The fraction of sp³-hybridized carbons (Fsp3) is 0.444. The Kier molecular flexibility index (Phi) is 4.76. The number of amides is 1. The molecule has 1 amide bonds. The molecule has 1 aliphatic carbocycles. The van der Waals surface area contributed by atoms with E-state index < -0.39 is 0 Å². The summed E-state index contributed by atoms with van der Waals surface area (Å²) < 4.78 is 7.01. The number of aryl methyl sites for hydroxylation is 3. The number of benzene rings is 1. The Morgan fingerprint density at radius 2 is 2.09 bits per heavy atom. The van der Waals surface area contributed by atoms with Crippen molar-refractivity contribution >= 4 is 5.91 Å². The third kappa shape index (κ3) is 3.45. The molecule has 5 nitrogen and oxygen atoms in total. The summed E-state index contributed by atoms with van der Waals surface area (Å²) in [6.45, 7) is 0.413. The van der Waals surface area contributed by atoms with Crippen LogP contribution in [-0.2, 0) is 24.6 Å². The first-order valence-electron chi connectivity index (χ1n) is 8.08. The van der Waals surface area contributed by atoms with Crippen molar-refractivity contribution < 1.29 is 9.53 Å². The number of hydrogen-bond donors (Lipinski definition) is 1. The Morgan fingerprint density at radius 1 is 1.30 bits per heavy atom. The van der Waals surface area contributed by atoms with Crippen LogP contribution in [0.1, 0.15) is 46.1 Å². The van der Waals surface area contributed by atoms with E-state index in [0.29, 0.717) is 12.2 Å². The van der Waals surface area contributed by atoms with Gasteiger partial charge in [-0.15, -0.1) is 0 Å². The van der Waals surface area contributed by atoms with E-state index in [-0.39, 0.29) is 11.9 Å². The van der Waals surface area contributed by atoms with Crippen LogP contribution in [0.5, 0.6) is 0 Å². The summed E-state index contributed by atoms with van der Waals surface area (Å²) in [5, 5.41) is 7.23. The molecule has 3 rings (SSSR count). The van der Waals surface area contributed by atoms with Crippen molar-refractivity contribution in [1.82, 2.24) is 15.1 Å². The van der Waals surface area contributed by atoms with Crippen molar-refractivity contribution in [2.45, 2.75) is 31.7 Å². The van der Waals surface area contributed by atoms with Crippen LogP contribution in [0.25, 0.3) is 0 Å². The lowest BCUT2D eigenvalue weighted by Crippen LogP contribution is -2.32. The van der Waals surface area contributed by atoms with Crippen molar-refractivity contribution in [3.05, 3.63) is 52.8 Å². The molecule has 1 aliphatic rings. The maximum absolute atomic E-state index is 12.6. The van der Waals surface area contributed by atoms with E-state index in [1.54, 1.807) is 18.0 Å².